The SMILES string of the molecule is COCCN(C)C(=O)c1cc(F)c([N+](=O)[O-])cc1F. The summed E-state index contributed by atoms with van der Waals surface area (Å²) in [6.07, 6.45) is 0. The molecule has 0 aliphatic heterocycles. The molecule has 0 saturated carbocycles. The minimum absolute atomic E-state index is 0.188. The second-order valence-electron chi connectivity index (χ2n) is 3.76. The number of methoxy groups -OCH3 is 1. The van der Waals surface area contributed by atoms with E-state index in [1.54, 1.807) is 0 Å². The minimum atomic E-state index is -1.25. The molecule has 1 amide bonds. The van der Waals surface area contributed by atoms with Crippen molar-refractivity contribution in [1.82, 2.24) is 4.90 Å². The van der Waals surface area contributed by atoms with E-state index in [0.717, 1.165) is 4.90 Å². The Bertz CT molecular complexity index is 508. The number of amides is 1. The summed E-state index contributed by atoms with van der Waals surface area (Å²) in [5.74, 6) is -3.17. The molecule has 0 aliphatic rings. The highest BCUT2D eigenvalue weighted by molar-refractivity contribution is 5.94. The predicted octanol–water partition coefficient (Wildman–Crippen LogP) is 1.59. The molecule has 0 bridgehead atoms. The Balaban J connectivity index is 3.05. The van der Waals surface area contributed by atoms with Gasteiger partial charge in [-0.05, 0) is 6.07 Å². The number of nitro groups is 1. The highest BCUT2D eigenvalue weighted by Gasteiger charge is 2.23. The lowest BCUT2D eigenvalue weighted by atomic mass is 10.1. The zero-order valence-corrected chi connectivity index (χ0v) is 10.4. The van der Waals surface area contributed by atoms with Crippen LogP contribution in [0.2, 0.25) is 0 Å². The molecule has 19 heavy (non-hydrogen) atoms. The lowest BCUT2D eigenvalue weighted by Crippen LogP contribution is -2.30. The van der Waals surface area contributed by atoms with E-state index in [1.165, 1.54) is 14.2 Å². The van der Waals surface area contributed by atoms with Crippen LogP contribution in [0.1, 0.15) is 10.4 Å². The number of likely N-dealkylation sites (N-methyl/N-ethyl adjacent to an activating group) is 1. The summed E-state index contributed by atoms with van der Waals surface area (Å²) in [4.78, 5) is 22.3. The Morgan fingerprint density at radius 2 is 2.05 bits per heavy atom. The van der Waals surface area contributed by atoms with Gasteiger partial charge >= 0.3 is 5.69 Å². The van der Waals surface area contributed by atoms with Crippen LogP contribution in [0.4, 0.5) is 14.5 Å². The van der Waals surface area contributed by atoms with Crippen LogP contribution < -0.4 is 0 Å². The van der Waals surface area contributed by atoms with Gasteiger partial charge in [0.25, 0.3) is 5.91 Å². The summed E-state index contributed by atoms with van der Waals surface area (Å²) in [5.41, 5.74) is -1.56. The smallest absolute Gasteiger partial charge is 0.307 e. The molecule has 1 aromatic rings. The monoisotopic (exact) mass is 274 g/mol. The molecule has 0 atom stereocenters. The maximum atomic E-state index is 13.6. The first kappa shape index (κ1) is 15.0. The van der Waals surface area contributed by atoms with Gasteiger partial charge in [0.15, 0.2) is 0 Å². The molecule has 6 nitrogen and oxygen atoms in total. The van der Waals surface area contributed by atoms with Crippen LogP contribution in [0.15, 0.2) is 12.1 Å². The Morgan fingerprint density at radius 1 is 1.42 bits per heavy atom. The van der Waals surface area contributed by atoms with E-state index in [2.05, 4.69) is 0 Å². The average molecular weight is 274 g/mol. The zero-order valence-electron chi connectivity index (χ0n) is 10.4. The van der Waals surface area contributed by atoms with Crippen LogP contribution in [0.5, 0.6) is 0 Å². The number of halogens is 2. The van der Waals surface area contributed by atoms with Crippen molar-refractivity contribution in [2.75, 3.05) is 27.3 Å². The standard InChI is InChI=1S/C11H12F2N2O4/c1-14(3-4-19-2)11(16)7-5-9(13)10(15(17)18)6-8(7)12/h5-6H,3-4H2,1-2H3. The number of hydrogen-bond acceptors (Lipinski definition) is 4. The summed E-state index contributed by atoms with van der Waals surface area (Å²) in [6, 6.07) is 0.922. The van der Waals surface area contributed by atoms with Crippen LogP contribution in [0, 0.1) is 21.7 Å². The maximum Gasteiger partial charge on any atom is 0.307 e. The third kappa shape index (κ3) is 3.44. The van der Waals surface area contributed by atoms with E-state index in [0.29, 0.717) is 12.1 Å². The van der Waals surface area contributed by atoms with Crippen molar-refractivity contribution in [2.24, 2.45) is 0 Å². The first-order valence-corrected chi connectivity index (χ1v) is 5.26. The molecule has 0 radical (unpaired) electrons. The van der Waals surface area contributed by atoms with Gasteiger partial charge in [-0.15, -0.1) is 0 Å². The van der Waals surface area contributed by atoms with Crippen molar-refractivity contribution in [1.29, 1.82) is 0 Å². The number of nitro benzene ring substituents is 1. The Hall–Kier alpha value is -2.09. The molecule has 104 valence electrons. The van der Waals surface area contributed by atoms with E-state index in [4.69, 9.17) is 4.74 Å². The van der Waals surface area contributed by atoms with Gasteiger partial charge in [-0.2, -0.15) is 4.39 Å². The fourth-order valence-corrected chi connectivity index (χ4v) is 1.38. The molecule has 0 spiro atoms. The van der Waals surface area contributed by atoms with Crippen molar-refractivity contribution in [3.63, 3.8) is 0 Å². The summed E-state index contributed by atoms with van der Waals surface area (Å²) < 4.78 is 31.7. The second-order valence-corrected chi connectivity index (χ2v) is 3.76. The lowest BCUT2D eigenvalue weighted by molar-refractivity contribution is -0.387. The second kappa shape index (κ2) is 6.19. The molecular formula is C11H12F2N2O4. The number of hydrogen-bond donors (Lipinski definition) is 0. The van der Waals surface area contributed by atoms with E-state index in [9.17, 15) is 23.7 Å². The number of benzene rings is 1. The third-order valence-electron chi connectivity index (χ3n) is 2.44. The molecule has 0 N–H and O–H groups in total. The van der Waals surface area contributed by atoms with Crippen LogP contribution in [-0.4, -0.2) is 43.0 Å². The first-order chi connectivity index (χ1) is 8.88. The van der Waals surface area contributed by atoms with Gasteiger partial charge in [-0.25, -0.2) is 4.39 Å². The van der Waals surface area contributed by atoms with Crippen LogP contribution in [-0.2, 0) is 4.74 Å². The molecule has 8 heteroatoms. The van der Waals surface area contributed by atoms with Gasteiger partial charge in [-0.1, -0.05) is 0 Å². The van der Waals surface area contributed by atoms with Crippen LogP contribution >= 0.6 is 0 Å². The van der Waals surface area contributed by atoms with Gasteiger partial charge in [0.2, 0.25) is 5.82 Å². The van der Waals surface area contributed by atoms with Crippen LogP contribution in [0.3, 0.4) is 0 Å². The molecule has 0 heterocycles. The van der Waals surface area contributed by atoms with Gasteiger partial charge in [-0.3, -0.25) is 14.9 Å². The molecule has 0 aromatic heterocycles. The Labute approximate surface area is 107 Å². The summed E-state index contributed by atoms with van der Waals surface area (Å²) in [6.45, 7) is 0.423. The topological polar surface area (TPSA) is 72.7 Å². The Morgan fingerprint density at radius 3 is 2.58 bits per heavy atom. The molecule has 1 rings (SSSR count). The summed E-state index contributed by atoms with van der Waals surface area (Å²) >= 11 is 0. The van der Waals surface area contributed by atoms with E-state index in [-0.39, 0.29) is 13.2 Å². The fourth-order valence-electron chi connectivity index (χ4n) is 1.38. The molecule has 0 saturated heterocycles. The fraction of sp³-hybridized carbons (Fsp3) is 0.364. The van der Waals surface area contributed by atoms with Crippen molar-refractivity contribution in [3.05, 3.63) is 39.4 Å². The largest absolute Gasteiger partial charge is 0.383 e. The number of nitrogens with zero attached hydrogens (tertiary/aromatic N) is 2. The van der Waals surface area contributed by atoms with Gasteiger partial charge in [0.1, 0.15) is 5.82 Å². The van der Waals surface area contributed by atoms with Gasteiger partial charge in [0, 0.05) is 20.7 Å². The normalized spacial score (nSPS) is 10.3. The van der Waals surface area contributed by atoms with Crippen molar-refractivity contribution >= 4 is 11.6 Å². The molecular weight excluding hydrogens is 262 g/mol. The maximum absolute atomic E-state index is 13.6. The van der Waals surface area contributed by atoms with E-state index < -0.39 is 33.7 Å². The summed E-state index contributed by atoms with van der Waals surface area (Å²) in [5, 5.41) is 10.4. The molecule has 1 aromatic carbocycles. The lowest BCUT2D eigenvalue weighted by Gasteiger charge is -2.16. The quantitative estimate of drug-likeness (QED) is 0.603. The number of carbonyl (C=O) groups excluding carboxylic acids is 1. The van der Waals surface area contributed by atoms with Crippen molar-refractivity contribution in [2.45, 2.75) is 0 Å². The van der Waals surface area contributed by atoms with Crippen LogP contribution in [0.25, 0.3) is 0 Å². The number of ether oxygens (including phenoxy) is 1. The third-order valence-corrected chi connectivity index (χ3v) is 2.44. The highest BCUT2D eigenvalue weighted by atomic mass is 19.1. The number of carbonyl (C=O) groups is 1. The molecule has 0 aliphatic carbocycles. The minimum Gasteiger partial charge on any atom is -0.383 e. The van der Waals surface area contributed by atoms with E-state index >= 15 is 0 Å². The zero-order chi connectivity index (χ0) is 14.6. The van der Waals surface area contributed by atoms with Crippen molar-refractivity contribution in [3.8, 4) is 0 Å². The summed E-state index contributed by atoms with van der Waals surface area (Å²) in [7, 11) is 2.82. The average Bonchev–Trinajstić information content (AvgIpc) is 2.36. The van der Waals surface area contributed by atoms with E-state index in [1.807, 2.05) is 0 Å². The highest BCUT2D eigenvalue weighted by Crippen LogP contribution is 2.22. The Kier molecular flexibility index (Phi) is 4.87. The molecule has 0 fully saturated rings. The van der Waals surface area contributed by atoms with Gasteiger partial charge < -0.3 is 9.64 Å². The van der Waals surface area contributed by atoms with Gasteiger partial charge in [0.05, 0.1) is 23.2 Å². The predicted molar refractivity (Wildman–Crippen MR) is 61.8 cm³/mol. The number of rotatable bonds is 5. The molecule has 0 unspecified atom stereocenters. The first-order valence-electron chi connectivity index (χ1n) is 5.26. The van der Waals surface area contributed by atoms with Crippen molar-refractivity contribution < 1.29 is 23.2 Å².